The van der Waals surface area contributed by atoms with Crippen LogP contribution in [0.2, 0.25) is 0 Å². The third-order valence-corrected chi connectivity index (χ3v) is 5.27. The lowest BCUT2D eigenvalue weighted by Gasteiger charge is -2.42. The number of amides is 1. The lowest BCUT2D eigenvalue weighted by molar-refractivity contribution is -0.150. The SMILES string of the molecule is CC1CC(C(=O)N2CCC(C(=O)O)C(C)C2)CC(C)(C)C1. The van der Waals surface area contributed by atoms with Gasteiger partial charge in [0.25, 0.3) is 0 Å². The largest absolute Gasteiger partial charge is 0.481 e. The zero-order chi connectivity index (χ0) is 15.8. The predicted molar refractivity (Wildman–Crippen MR) is 81.8 cm³/mol. The first kappa shape index (κ1) is 16.3. The van der Waals surface area contributed by atoms with E-state index in [1.54, 1.807) is 0 Å². The van der Waals surface area contributed by atoms with Gasteiger partial charge in [-0.25, -0.2) is 0 Å². The number of carbonyl (C=O) groups excluding carboxylic acids is 1. The van der Waals surface area contributed by atoms with E-state index in [-0.39, 0.29) is 29.1 Å². The van der Waals surface area contributed by atoms with Crippen LogP contribution < -0.4 is 0 Å². The molecule has 0 aromatic carbocycles. The Morgan fingerprint density at radius 3 is 2.38 bits per heavy atom. The van der Waals surface area contributed by atoms with E-state index in [0.29, 0.717) is 25.4 Å². The standard InChI is InChI=1S/C17H29NO3/c1-11-7-13(9-17(3,4)8-11)15(19)18-6-5-14(16(20)21)12(2)10-18/h11-14H,5-10H2,1-4H3,(H,20,21). The number of carboxylic acids is 1. The molecular formula is C17H29NO3. The minimum Gasteiger partial charge on any atom is -0.481 e. The maximum absolute atomic E-state index is 12.8. The summed E-state index contributed by atoms with van der Waals surface area (Å²) in [6.45, 7) is 9.89. The second-order valence-corrected chi connectivity index (χ2v) is 8.11. The zero-order valence-corrected chi connectivity index (χ0v) is 13.8. The van der Waals surface area contributed by atoms with Crippen LogP contribution in [0.5, 0.6) is 0 Å². The van der Waals surface area contributed by atoms with E-state index in [4.69, 9.17) is 0 Å². The van der Waals surface area contributed by atoms with Gasteiger partial charge in [0.05, 0.1) is 5.92 Å². The van der Waals surface area contributed by atoms with Gasteiger partial charge >= 0.3 is 5.97 Å². The van der Waals surface area contributed by atoms with Crippen molar-refractivity contribution in [3.63, 3.8) is 0 Å². The minimum atomic E-state index is -0.720. The summed E-state index contributed by atoms with van der Waals surface area (Å²) >= 11 is 0. The van der Waals surface area contributed by atoms with Crippen LogP contribution in [0.1, 0.15) is 53.4 Å². The van der Waals surface area contributed by atoms with Crippen LogP contribution in [0.4, 0.5) is 0 Å². The highest BCUT2D eigenvalue weighted by Crippen LogP contribution is 2.42. The van der Waals surface area contributed by atoms with Crippen molar-refractivity contribution in [2.75, 3.05) is 13.1 Å². The molecule has 4 atom stereocenters. The fourth-order valence-electron chi connectivity index (χ4n) is 4.51. The number of carboxylic acid groups (broad SMARTS) is 1. The van der Waals surface area contributed by atoms with Crippen molar-refractivity contribution >= 4 is 11.9 Å². The Labute approximate surface area is 127 Å². The molecule has 0 spiro atoms. The highest BCUT2D eigenvalue weighted by Gasteiger charge is 2.39. The molecule has 0 bridgehead atoms. The molecule has 1 saturated heterocycles. The van der Waals surface area contributed by atoms with Crippen LogP contribution in [0.15, 0.2) is 0 Å². The molecule has 21 heavy (non-hydrogen) atoms. The third-order valence-electron chi connectivity index (χ3n) is 5.27. The molecule has 4 nitrogen and oxygen atoms in total. The van der Waals surface area contributed by atoms with Gasteiger partial charge in [-0.05, 0) is 42.9 Å². The molecule has 4 heteroatoms. The van der Waals surface area contributed by atoms with E-state index in [1.807, 2.05) is 11.8 Å². The van der Waals surface area contributed by atoms with Crippen LogP contribution in [-0.2, 0) is 9.59 Å². The Balaban J connectivity index is 1.99. The number of rotatable bonds is 2. The van der Waals surface area contributed by atoms with Gasteiger partial charge in [0.1, 0.15) is 0 Å². The number of nitrogens with zero attached hydrogens (tertiary/aromatic N) is 1. The molecule has 0 radical (unpaired) electrons. The van der Waals surface area contributed by atoms with Gasteiger partial charge < -0.3 is 10.0 Å². The molecule has 1 aliphatic carbocycles. The Morgan fingerprint density at radius 2 is 1.86 bits per heavy atom. The summed E-state index contributed by atoms with van der Waals surface area (Å²) in [5, 5.41) is 9.18. The van der Waals surface area contributed by atoms with Crippen LogP contribution >= 0.6 is 0 Å². The van der Waals surface area contributed by atoms with Gasteiger partial charge in [0, 0.05) is 19.0 Å². The van der Waals surface area contributed by atoms with E-state index < -0.39 is 5.97 Å². The van der Waals surface area contributed by atoms with Crippen LogP contribution in [0.3, 0.4) is 0 Å². The van der Waals surface area contributed by atoms with E-state index >= 15 is 0 Å². The maximum Gasteiger partial charge on any atom is 0.306 e. The van der Waals surface area contributed by atoms with Crippen molar-refractivity contribution in [3.8, 4) is 0 Å². The van der Waals surface area contributed by atoms with E-state index in [2.05, 4.69) is 20.8 Å². The number of likely N-dealkylation sites (tertiary alicyclic amines) is 1. The first-order valence-corrected chi connectivity index (χ1v) is 8.21. The van der Waals surface area contributed by atoms with Gasteiger partial charge in [0.2, 0.25) is 5.91 Å². The molecule has 2 aliphatic rings. The predicted octanol–water partition coefficient (Wildman–Crippen LogP) is 3.02. The number of carbonyl (C=O) groups is 2. The van der Waals surface area contributed by atoms with Crippen molar-refractivity contribution in [2.45, 2.75) is 53.4 Å². The van der Waals surface area contributed by atoms with Crippen molar-refractivity contribution in [3.05, 3.63) is 0 Å². The van der Waals surface area contributed by atoms with Crippen molar-refractivity contribution in [1.82, 2.24) is 4.90 Å². The van der Waals surface area contributed by atoms with Crippen LogP contribution in [0.25, 0.3) is 0 Å². The first-order chi connectivity index (χ1) is 9.69. The second-order valence-electron chi connectivity index (χ2n) is 8.11. The molecule has 1 amide bonds. The average Bonchev–Trinajstić information content (AvgIpc) is 2.34. The Kier molecular flexibility index (Phi) is 4.64. The average molecular weight is 295 g/mol. The highest BCUT2D eigenvalue weighted by molar-refractivity contribution is 5.79. The van der Waals surface area contributed by atoms with Gasteiger partial charge in [-0.1, -0.05) is 27.7 Å². The summed E-state index contributed by atoms with van der Waals surface area (Å²) in [6.07, 6.45) is 3.72. The minimum absolute atomic E-state index is 0.0502. The molecule has 4 unspecified atom stereocenters. The molecule has 2 fully saturated rings. The fourth-order valence-corrected chi connectivity index (χ4v) is 4.51. The quantitative estimate of drug-likeness (QED) is 0.852. The van der Waals surface area contributed by atoms with Gasteiger partial charge in [-0.15, -0.1) is 0 Å². The number of hydrogen-bond acceptors (Lipinski definition) is 2. The van der Waals surface area contributed by atoms with E-state index in [9.17, 15) is 14.7 Å². The normalized spacial score (nSPS) is 36.3. The molecule has 1 N–H and O–H groups in total. The summed E-state index contributed by atoms with van der Waals surface area (Å²) in [5.74, 6) is 0.00587. The monoisotopic (exact) mass is 295 g/mol. The number of aliphatic carboxylic acids is 1. The highest BCUT2D eigenvalue weighted by atomic mass is 16.4. The molecule has 0 aromatic rings. The lowest BCUT2D eigenvalue weighted by atomic mass is 9.67. The summed E-state index contributed by atoms with van der Waals surface area (Å²) in [5.41, 5.74) is 0.239. The molecule has 0 aromatic heterocycles. The molecule has 120 valence electrons. The number of piperidine rings is 1. The number of hydrogen-bond donors (Lipinski definition) is 1. The van der Waals surface area contributed by atoms with Crippen molar-refractivity contribution in [2.24, 2.45) is 29.1 Å². The van der Waals surface area contributed by atoms with Crippen LogP contribution in [-0.4, -0.2) is 35.0 Å². The smallest absolute Gasteiger partial charge is 0.306 e. The lowest BCUT2D eigenvalue weighted by Crippen LogP contribution is -2.48. The van der Waals surface area contributed by atoms with Gasteiger partial charge in [-0.3, -0.25) is 9.59 Å². The maximum atomic E-state index is 12.8. The van der Waals surface area contributed by atoms with E-state index in [1.165, 1.54) is 6.42 Å². The summed E-state index contributed by atoms with van der Waals surface area (Å²) < 4.78 is 0. The Morgan fingerprint density at radius 1 is 1.19 bits per heavy atom. The fraction of sp³-hybridized carbons (Fsp3) is 0.882. The Hall–Kier alpha value is -1.06. The van der Waals surface area contributed by atoms with E-state index in [0.717, 1.165) is 12.8 Å². The second kappa shape index (κ2) is 5.98. The van der Waals surface area contributed by atoms with Crippen molar-refractivity contribution in [1.29, 1.82) is 0 Å². The molecule has 1 heterocycles. The molecule has 1 aliphatic heterocycles. The third kappa shape index (κ3) is 3.78. The summed E-state index contributed by atoms with van der Waals surface area (Å²) in [7, 11) is 0. The first-order valence-electron chi connectivity index (χ1n) is 8.21. The molecule has 1 saturated carbocycles. The summed E-state index contributed by atoms with van der Waals surface area (Å²) in [4.78, 5) is 25.9. The molecular weight excluding hydrogens is 266 g/mol. The van der Waals surface area contributed by atoms with Gasteiger partial charge in [-0.2, -0.15) is 0 Å². The zero-order valence-electron chi connectivity index (χ0n) is 13.8. The Bertz CT molecular complexity index is 418. The van der Waals surface area contributed by atoms with Crippen molar-refractivity contribution < 1.29 is 14.7 Å². The van der Waals surface area contributed by atoms with Crippen LogP contribution in [0, 0.1) is 29.1 Å². The summed E-state index contributed by atoms with van der Waals surface area (Å²) in [6, 6.07) is 0. The van der Waals surface area contributed by atoms with Gasteiger partial charge in [0.15, 0.2) is 0 Å². The topological polar surface area (TPSA) is 57.6 Å². The molecule has 2 rings (SSSR count).